The van der Waals surface area contributed by atoms with Gasteiger partial charge < -0.3 is 29.0 Å². The number of quaternary nitrogens is 1. The van der Waals surface area contributed by atoms with Crippen LogP contribution in [-0.2, 0) is 18.7 Å². The summed E-state index contributed by atoms with van der Waals surface area (Å²) in [5.74, 6) is -1.04. The summed E-state index contributed by atoms with van der Waals surface area (Å²) < 4.78 is 16.7. The van der Waals surface area contributed by atoms with Crippen LogP contribution in [0, 0.1) is 0 Å². The van der Waals surface area contributed by atoms with Crippen LogP contribution in [0.15, 0.2) is 0 Å². The summed E-state index contributed by atoms with van der Waals surface area (Å²) in [5, 5.41) is 23.1. The van der Waals surface area contributed by atoms with E-state index in [1.807, 2.05) is 0 Å². The fourth-order valence-corrected chi connectivity index (χ4v) is 8.06. The van der Waals surface area contributed by atoms with E-state index < -0.39 is 37.8 Å². The Morgan fingerprint density at radius 2 is 0.889 bits per heavy atom. The van der Waals surface area contributed by atoms with Crippen LogP contribution in [0.5, 0.6) is 0 Å². The summed E-state index contributed by atoms with van der Waals surface area (Å²) in [5.41, 5.74) is -2.52. The van der Waals surface area contributed by atoms with Crippen LogP contribution in [0.4, 0.5) is 0 Å². The molecule has 0 saturated heterocycles. The van der Waals surface area contributed by atoms with Gasteiger partial charge in [0.25, 0.3) is 7.82 Å². The van der Waals surface area contributed by atoms with Gasteiger partial charge in [-0.15, -0.1) is 0 Å². The van der Waals surface area contributed by atoms with Crippen molar-refractivity contribution in [1.29, 1.82) is 0 Å². The van der Waals surface area contributed by atoms with Gasteiger partial charge in [-0.2, -0.15) is 0 Å². The molecule has 10 heteroatoms. The first-order valence-corrected chi connectivity index (χ1v) is 24.1. The van der Waals surface area contributed by atoms with E-state index in [1.165, 1.54) is 135 Å². The lowest BCUT2D eigenvalue weighted by atomic mass is 9.81. The van der Waals surface area contributed by atoms with Crippen molar-refractivity contribution in [1.82, 2.24) is 0 Å². The highest BCUT2D eigenvalue weighted by Gasteiger charge is 2.49. The van der Waals surface area contributed by atoms with Crippen LogP contribution in [0.2, 0.25) is 0 Å². The van der Waals surface area contributed by atoms with Crippen LogP contribution < -0.4 is 4.89 Å². The molecule has 0 aliphatic rings. The SMILES string of the molecule is CCCCCCCCCCCCCCCCCC(=O)CC(O)(C(=O)CCCCCCCCCCCCCCCCC)C(O)C(C[N+](C)(C)C)OP(=O)([O-])O. The number of likely N-dealkylation sites (N-methyl/N-ethyl adjacent to an activating group) is 1. The van der Waals surface area contributed by atoms with E-state index in [0.717, 1.165) is 44.9 Å². The number of unbranched alkanes of at least 4 members (excludes halogenated alkanes) is 28. The molecule has 0 rings (SSSR count). The molecule has 9 nitrogen and oxygen atoms in total. The lowest BCUT2D eigenvalue weighted by Crippen LogP contribution is -2.59. The Bertz CT molecular complexity index is 951. The molecule has 4 unspecified atom stereocenters. The number of phosphoric acid groups is 1. The smallest absolute Gasteiger partial charge is 0.265 e. The summed E-state index contributed by atoms with van der Waals surface area (Å²) in [4.78, 5) is 48.0. The molecule has 54 heavy (non-hydrogen) atoms. The number of aliphatic hydroxyl groups excluding tert-OH is 1. The molecule has 0 bridgehead atoms. The maximum Gasteiger partial charge on any atom is 0.265 e. The second-order valence-corrected chi connectivity index (χ2v) is 18.6. The lowest BCUT2D eigenvalue weighted by molar-refractivity contribution is -0.873. The Morgan fingerprint density at radius 1 is 0.593 bits per heavy atom. The van der Waals surface area contributed by atoms with Crippen molar-refractivity contribution < 1.29 is 43.2 Å². The standard InChI is InChI=1S/C44H88NO8P/c1-6-8-10-12-14-16-18-20-22-24-26-28-30-32-34-36-40(46)38-44(49,43(48)41(39-45(3,4)5)53-54(50,51)52)42(47)37-35-33-31-29-27-25-23-21-19-17-15-13-11-9-7-2/h41,43,48-49H,6-39H2,1-5H3,(H-,50,51,52). The number of carbonyl (C=O) groups is 2. The second kappa shape index (κ2) is 33.3. The van der Waals surface area contributed by atoms with E-state index in [9.17, 15) is 34.2 Å². The summed E-state index contributed by atoms with van der Waals surface area (Å²) in [6, 6.07) is 0. The highest BCUT2D eigenvalue weighted by atomic mass is 31.2. The maximum atomic E-state index is 13.6. The fourth-order valence-electron chi connectivity index (χ4n) is 7.53. The molecule has 0 aromatic rings. The number of phosphoric ester groups is 1. The molecular formula is C44H88NO8P. The number of hydrogen-bond acceptors (Lipinski definition) is 7. The van der Waals surface area contributed by atoms with Crippen molar-refractivity contribution in [3.05, 3.63) is 0 Å². The minimum absolute atomic E-state index is 0.0384. The number of aliphatic hydroxyl groups is 2. The Labute approximate surface area is 333 Å². The zero-order valence-electron chi connectivity index (χ0n) is 36.0. The third-order valence-electron chi connectivity index (χ3n) is 10.9. The zero-order chi connectivity index (χ0) is 40.6. The minimum Gasteiger partial charge on any atom is -0.756 e. The summed E-state index contributed by atoms with van der Waals surface area (Å²) >= 11 is 0. The molecular weight excluding hydrogens is 701 g/mol. The summed E-state index contributed by atoms with van der Waals surface area (Å²) in [7, 11) is -0.132. The van der Waals surface area contributed by atoms with Crippen LogP contribution in [0.25, 0.3) is 0 Å². The zero-order valence-corrected chi connectivity index (χ0v) is 36.9. The van der Waals surface area contributed by atoms with Gasteiger partial charge in [-0.1, -0.05) is 194 Å². The van der Waals surface area contributed by atoms with E-state index in [0.29, 0.717) is 12.8 Å². The lowest BCUT2D eigenvalue weighted by Gasteiger charge is -2.39. The molecule has 4 atom stereocenters. The highest BCUT2D eigenvalue weighted by Crippen LogP contribution is 2.37. The van der Waals surface area contributed by atoms with Gasteiger partial charge in [-0.3, -0.25) is 14.2 Å². The van der Waals surface area contributed by atoms with Crippen LogP contribution in [0.3, 0.4) is 0 Å². The first-order valence-electron chi connectivity index (χ1n) is 22.6. The molecule has 0 radical (unpaired) electrons. The van der Waals surface area contributed by atoms with Crippen molar-refractivity contribution in [3.8, 4) is 0 Å². The molecule has 0 amide bonds. The van der Waals surface area contributed by atoms with Crippen LogP contribution in [0.1, 0.15) is 226 Å². The minimum atomic E-state index is -5.32. The van der Waals surface area contributed by atoms with Crippen molar-refractivity contribution in [2.45, 2.75) is 244 Å². The van der Waals surface area contributed by atoms with Gasteiger partial charge in [-0.05, 0) is 12.8 Å². The van der Waals surface area contributed by atoms with Crippen molar-refractivity contribution in [2.24, 2.45) is 0 Å². The Kier molecular flexibility index (Phi) is 32.9. The van der Waals surface area contributed by atoms with E-state index >= 15 is 0 Å². The van der Waals surface area contributed by atoms with E-state index in [1.54, 1.807) is 21.1 Å². The number of hydrogen-bond donors (Lipinski definition) is 3. The van der Waals surface area contributed by atoms with Crippen LogP contribution in [-0.4, -0.2) is 76.7 Å². The van der Waals surface area contributed by atoms with Gasteiger partial charge in [0.05, 0.1) is 21.1 Å². The maximum absolute atomic E-state index is 13.6. The molecule has 322 valence electrons. The largest absolute Gasteiger partial charge is 0.756 e. The summed E-state index contributed by atoms with van der Waals surface area (Å²) in [6.07, 6.45) is 31.5. The molecule has 0 aliphatic heterocycles. The van der Waals surface area contributed by atoms with E-state index in [-0.39, 0.29) is 29.7 Å². The molecule has 0 aromatic carbocycles. The number of rotatable bonds is 41. The number of ketones is 2. The average Bonchev–Trinajstić information content (AvgIpc) is 3.09. The predicted molar refractivity (Wildman–Crippen MR) is 222 cm³/mol. The molecule has 0 heterocycles. The topological polar surface area (TPSA) is 144 Å². The first-order chi connectivity index (χ1) is 25.7. The molecule has 0 aliphatic carbocycles. The Morgan fingerprint density at radius 3 is 1.19 bits per heavy atom. The monoisotopic (exact) mass is 790 g/mol. The molecule has 0 fully saturated rings. The van der Waals surface area contributed by atoms with Gasteiger partial charge in [0, 0.05) is 19.3 Å². The normalized spacial score (nSPS) is 15.5. The second-order valence-electron chi connectivity index (χ2n) is 17.5. The third-order valence-corrected chi connectivity index (χ3v) is 11.4. The third kappa shape index (κ3) is 31.4. The first kappa shape index (κ1) is 53.3. The van der Waals surface area contributed by atoms with Crippen LogP contribution >= 0.6 is 7.82 Å². The number of Topliss-reactive ketones (excluding diaryl/α,β-unsaturated/α-hetero) is 2. The molecule has 0 saturated carbocycles. The molecule has 0 spiro atoms. The van der Waals surface area contributed by atoms with Gasteiger partial charge in [0.1, 0.15) is 24.5 Å². The Hall–Kier alpha value is -0.670. The van der Waals surface area contributed by atoms with Crippen molar-refractivity contribution in [2.75, 3.05) is 27.7 Å². The number of nitrogens with zero attached hydrogens (tertiary/aromatic N) is 1. The van der Waals surface area contributed by atoms with E-state index in [4.69, 9.17) is 4.52 Å². The molecule has 0 aromatic heterocycles. The van der Waals surface area contributed by atoms with Gasteiger partial charge >= 0.3 is 0 Å². The van der Waals surface area contributed by atoms with Gasteiger partial charge in [0.15, 0.2) is 11.4 Å². The highest BCUT2D eigenvalue weighted by molar-refractivity contribution is 7.44. The summed E-state index contributed by atoms with van der Waals surface area (Å²) in [6.45, 7) is 4.37. The average molecular weight is 790 g/mol. The van der Waals surface area contributed by atoms with E-state index in [2.05, 4.69) is 13.8 Å². The molecule has 3 N–H and O–H groups in total. The number of carbonyl (C=O) groups excluding carboxylic acids is 2. The van der Waals surface area contributed by atoms with Crippen molar-refractivity contribution in [3.63, 3.8) is 0 Å². The quantitative estimate of drug-likeness (QED) is 0.0315. The Balaban J connectivity index is 4.80. The predicted octanol–water partition coefficient (Wildman–Crippen LogP) is 10.7. The fraction of sp³-hybridized carbons (Fsp3) is 0.955. The van der Waals surface area contributed by atoms with Gasteiger partial charge in [0.2, 0.25) is 0 Å². The van der Waals surface area contributed by atoms with Crippen molar-refractivity contribution >= 4 is 19.4 Å². The van der Waals surface area contributed by atoms with Gasteiger partial charge in [-0.25, -0.2) is 0 Å².